The lowest BCUT2D eigenvalue weighted by Crippen LogP contribution is -2.47. The molecule has 0 bridgehead atoms. The van der Waals surface area contributed by atoms with E-state index in [1.165, 1.54) is 12.1 Å². The Morgan fingerprint density at radius 1 is 1.28 bits per heavy atom. The van der Waals surface area contributed by atoms with Crippen molar-refractivity contribution in [1.82, 2.24) is 5.32 Å². The molecule has 1 heterocycles. The summed E-state index contributed by atoms with van der Waals surface area (Å²) in [6.45, 7) is 6.91. The van der Waals surface area contributed by atoms with Gasteiger partial charge in [-0.1, -0.05) is 0 Å². The second kappa shape index (κ2) is 4.94. The third-order valence-electron chi connectivity index (χ3n) is 2.80. The lowest BCUT2D eigenvalue weighted by atomic mass is 9.99. The van der Waals surface area contributed by atoms with Crippen LogP contribution in [0.4, 0.5) is 8.78 Å². The highest BCUT2D eigenvalue weighted by atomic mass is 19.1. The van der Waals surface area contributed by atoms with E-state index < -0.39 is 11.6 Å². The fourth-order valence-electron chi connectivity index (χ4n) is 2.10. The first-order valence-corrected chi connectivity index (χ1v) is 6.18. The first-order valence-electron chi connectivity index (χ1n) is 6.18. The van der Waals surface area contributed by atoms with E-state index in [0.29, 0.717) is 18.6 Å². The van der Waals surface area contributed by atoms with Crippen LogP contribution in [0, 0.1) is 11.6 Å². The van der Waals surface area contributed by atoms with E-state index in [9.17, 15) is 8.78 Å². The summed E-state index contributed by atoms with van der Waals surface area (Å²) in [6.07, 6.45) is 0.715. The predicted molar refractivity (Wildman–Crippen MR) is 66.5 cm³/mol. The average molecular weight is 255 g/mol. The van der Waals surface area contributed by atoms with Gasteiger partial charge in [-0.3, -0.25) is 0 Å². The Bertz CT molecular complexity index is 404. The fourth-order valence-corrected chi connectivity index (χ4v) is 2.10. The van der Waals surface area contributed by atoms with Crippen LogP contribution in [0.2, 0.25) is 0 Å². The topological polar surface area (TPSA) is 24.6 Å². The minimum Gasteiger partial charge on any atom is -0.371 e. The lowest BCUT2D eigenvalue weighted by molar-refractivity contribution is 0.286. The van der Waals surface area contributed by atoms with Gasteiger partial charge in [0.05, 0.1) is 12.7 Å². The van der Waals surface area contributed by atoms with Crippen LogP contribution in [-0.4, -0.2) is 24.3 Å². The summed E-state index contributed by atoms with van der Waals surface area (Å²) in [5.41, 5.74) is 0.604. The van der Waals surface area contributed by atoms with Crippen LogP contribution in [0.1, 0.15) is 26.3 Å². The molecule has 2 atom stereocenters. The highest BCUT2D eigenvalue weighted by Gasteiger charge is 2.34. The summed E-state index contributed by atoms with van der Waals surface area (Å²) in [4.78, 5) is 0. The smallest absolute Gasteiger partial charge is 0.126 e. The molecule has 1 aliphatic rings. The molecule has 4 heteroatoms. The largest absolute Gasteiger partial charge is 0.371 e. The van der Waals surface area contributed by atoms with Crippen LogP contribution >= 0.6 is 0 Å². The quantitative estimate of drug-likeness (QED) is 0.837. The molecule has 2 nitrogen and oxygen atoms in total. The normalized spacial score (nSPS) is 20.8. The molecule has 0 saturated carbocycles. The van der Waals surface area contributed by atoms with Crippen molar-refractivity contribution in [3.05, 3.63) is 35.4 Å². The first kappa shape index (κ1) is 13.4. The monoisotopic (exact) mass is 255 g/mol. The van der Waals surface area contributed by atoms with Gasteiger partial charge in [-0.2, -0.15) is 0 Å². The number of hydrogen-bond acceptors (Lipinski definition) is 2. The van der Waals surface area contributed by atoms with Gasteiger partial charge in [-0.25, -0.2) is 8.78 Å². The first-order chi connectivity index (χ1) is 8.33. The lowest BCUT2D eigenvalue weighted by Gasteiger charge is -2.27. The van der Waals surface area contributed by atoms with Gasteiger partial charge >= 0.3 is 0 Å². The molecule has 0 amide bonds. The van der Waals surface area contributed by atoms with Gasteiger partial charge < -0.3 is 10.1 Å². The molecular formula is C14H19F2NO. The number of hydrogen-bond donors (Lipinski definition) is 1. The number of ether oxygens (including phenoxy) is 1. The van der Waals surface area contributed by atoms with E-state index in [1.54, 1.807) is 0 Å². The Labute approximate surface area is 106 Å². The van der Waals surface area contributed by atoms with Crippen LogP contribution in [0.25, 0.3) is 0 Å². The van der Waals surface area contributed by atoms with Gasteiger partial charge in [0.25, 0.3) is 0 Å². The van der Waals surface area contributed by atoms with Crippen molar-refractivity contribution >= 4 is 0 Å². The fraction of sp³-hybridized carbons (Fsp3) is 0.571. The molecule has 0 aromatic heterocycles. The Hall–Kier alpha value is -1.00. The summed E-state index contributed by atoms with van der Waals surface area (Å²) < 4.78 is 31.6. The van der Waals surface area contributed by atoms with Crippen molar-refractivity contribution in [2.45, 2.75) is 44.9 Å². The molecule has 0 aliphatic carbocycles. The maximum Gasteiger partial charge on any atom is 0.126 e. The summed E-state index contributed by atoms with van der Waals surface area (Å²) in [5, 5.41) is 3.44. The van der Waals surface area contributed by atoms with E-state index in [0.717, 1.165) is 6.07 Å². The molecule has 0 spiro atoms. The molecule has 2 rings (SSSR count). The summed E-state index contributed by atoms with van der Waals surface area (Å²) >= 11 is 0. The summed E-state index contributed by atoms with van der Waals surface area (Å²) in [5.74, 6) is -1.06. The Morgan fingerprint density at radius 2 is 1.83 bits per heavy atom. The molecule has 0 radical (unpaired) electrons. The number of epoxide rings is 1. The Balaban J connectivity index is 2.08. The molecule has 100 valence electrons. The molecule has 1 fully saturated rings. The molecule has 18 heavy (non-hydrogen) atoms. The van der Waals surface area contributed by atoms with Gasteiger partial charge in [0.2, 0.25) is 0 Å². The van der Waals surface area contributed by atoms with Crippen molar-refractivity contribution < 1.29 is 13.5 Å². The van der Waals surface area contributed by atoms with E-state index in [4.69, 9.17) is 4.74 Å². The molecule has 1 saturated heterocycles. The highest BCUT2D eigenvalue weighted by Crippen LogP contribution is 2.21. The van der Waals surface area contributed by atoms with Crippen molar-refractivity contribution in [2.24, 2.45) is 0 Å². The SMILES string of the molecule is CC(C)(C)N[C@@H](Cc1cc(F)cc(F)c1)[C@H]1CO1. The van der Waals surface area contributed by atoms with Crippen LogP contribution < -0.4 is 5.32 Å². The third-order valence-corrected chi connectivity index (χ3v) is 2.80. The average Bonchev–Trinajstić information content (AvgIpc) is 2.94. The Morgan fingerprint density at radius 3 is 2.28 bits per heavy atom. The molecule has 1 N–H and O–H groups in total. The van der Waals surface area contributed by atoms with Gasteiger partial charge in [-0.05, 0) is 44.9 Å². The van der Waals surface area contributed by atoms with Crippen molar-refractivity contribution in [3.8, 4) is 0 Å². The third kappa shape index (κ3) is 4.03. The molecule has 1 aromatic rings. The van der Waals surface area contributed by atoms with Gasteiger partial charge in [-0.15, -0.1) is 0 Å². The van der Waals surface area contributed by atoms with Gasteiger partial charge in [0, 0.05) is 17.6 Å². The number of rotatable bonds is 4. The Kier molecular flexibility index (Phi) is 3.69. The predicted octanol–water partition coefficient (Wildman–Crippen LogP) is 2.66. The number of halogens is 2. The maximum absolute atomic E-state index is 13.1. The zero-order valence-electron chi connectivity index (χ0n) is 11.0. The van der Waals surface area contributed by atoms with Crippen LogP contribution in [0.15, 0.2) is 18.2 Å². The number of nitrogens with one attached hydrogen (secondary N) is 1. The second-order valence-electron chi connectivity index (χ2n) is 5.85. The van der Waals surface area contributed by atoms with E-state index in [1.807, 2.05) is 0 Å². The van der Waals surface area contributed by atoms with Gasteiger partial charge in [0.15, 0.2) is 0 Å². The minimum atomic E-state index is -0.531. The van der Waals surface area contributed by atoms with E-state index in [2.05, 4.69) is 26.1 Å². The summed E-state index contributed by atoms with van der Waals surface area (Å²) in [7, 11) is 0. The molecule has 1 aromatic carbocycles. The number of benzene rings is 1. The van der Waals surface area contributed by atoms with Crippen molar-refractivity contribution in [1.29, 1.82) is 0 Å². The minimum absolute atomic E-state index is 0.0531. The van der Waals surface area contributed by atoms with Crippen LogP contribution in [0.5, 0.6) is 0 Å². The molecular weight excluding hydrogens is 236 g/mol. The van der Waals surface area contributed by atoms with E-state index in [-0.39, 0.29) is 17.7 Å². The van der Waals surface area contributed by atoms with Gasteiger partial charge in [0.1, 0.15) is 11.6 Å². The summed E-state index contributed by atoms with van der Waals surface area (Å²) in [6, 6.07) is 3.74. The standard InChI is InChI=1S/C14H19F2NO/c1-14(2,3)17-12(13-8-18-13)6-9-4-10(15)7-11(16)5-9/h4-5,7,12-13,17H,6,8H2,1-3H3/t12-,13+/m0/s1. The van der Waals surface area contributed by atoms with Crippen LogP contribution in [0.3, 0.4) is 0 Å². The van der Waals surface area contributed by atoms with Crippen molar-refractivity contribution in [2.75, 3.05) is 6.61 Å². The zero-order chi connectivity index (χ0) is 13.3. The second-order valence-corrected chi connectivity index (χ2v) is 5.85. The zero-order valence-corrected chi connectivity index (χ0v) is 11.0. The molecule has 0 unspecified atom stereocenters. The van der Waals surface area contributed by atoms with E-state index >= 15 is 0 Å². The highest BCUT2D eigenvalue weighted by molar-refractivity contribution is 5.19. The maximum atomic E-state index is 13.1. The van der Waals surface area contributed by atoms with Crippen LogP contribution in [-0.2, 0) is 11.2 Å². The molecule has 1 aliphatic heterocycles. The van der Waals surface area contributed by atoms with Crippen molar-refractivity contribution in [3.63, 3.8) is 0 Å².